The second-order valence-electron chi connectivity index (χ2n) is 6.08. The van der Waals surface area contributed by atoms with Crippen molar-refractivity contribution in [2.75, 3.05) is 20.1 Å². The standard InChI is InChI=1S/C18H25N5O2/c1-12-7-5-6-8-16(12)23-14(3)15(13(2)21-23)11-22(4)18(25)10-20-17(24)9-19/h5-8H,9-11,19H2,1-4H3,(H,20,24). The number of nitrogens with zero attached hydrogens (tertiary/aromatic N) is 3. The number of amides is 2. The van der Waals surface area contributed by atoms with Crippen molar-refractivity contribution in [1.29, 1.82) is 0 Å². The number of hydrogen-bond donors (Lipinski definition) is 2. The Bertz CT molecular complexity index is 782. The van der Waals surface area contributed by atoms with Gasteiger partial charge in [-0.3, -0.25) is 9.59 Å². The average Bonchev–Trinajstić information content (AvgIpc) is 2.87. The van der Waals surface area contributed by atoms with E-state index >= 15 is 0 Å². The summed E-state index contributed by atoms with van der Waals surface area (Å²) in [6.07, 6.45) is 0. The van der Waals surface area contributed by atoms with Crippen molar-refractivity contribution in [2.45, 2.75) is 27.3 Å². The molecule has 0 radical (unpaired) electrons. The number of aromatic nitrogens is 2. The molecule has 0 saturated heterocycles. The number of benzene rings is 1. The van der Waals surface area contributed by atoms with Crippen LogP contribution >= 0.6 is 0 Å². The second-order valence-corrected chi connectivity index (χ2v) is 6.08. The van der Waals surface area contributed by atoms with Gasteiger partial charge in [-0.05, 0) is 32.4 Å². The molecule has 0 bridgehead atoms. The van der Waals surface area contributed by atoms with Crippen LogP contribution in [0, 0.1) is 20.8 Å². The first-order valence-corrected chi connectivity index (χ1v) is 8.17. The molecule has 0 spiro atoms. The lowest BCUT2D eigenvalue weighted by molar-refractivity contribution is -0.131. The molecule has 1 aromatic carbocycles. The highest BCUT2D eigenvalue weighted by Crippen LogP contribution is 2.21. The first-order chi connectivity index (χ1) is 11.8. The maximum Gasteiger partial charge on any atom is 0.242 e. The van der Waals surface area contributed by atoms with E-state index in [-0.39, 0.29) is 24.9 Å². The minimum atomic E-state index is -0.346. The second kappa shape index (κ2) is 7.94. The molecule has 3 N–H and O–H groups in total. The minimum Gasteiger partial charge on any atom is -0.346 e. The fourth-order valence-electron chi connectivity index (χ4n) is 2.65. The van der Waals surface area contributed by atoms with Gasteiger partial charge in [-0.2, -0.15) is 5.10 Å². The van der Waals surface area contributed by atoms with E-state index in [1.807, 2.05) is 49.7 Å². The fourth-order valence-corrected chi connectivity index (χ4v) is 2.65. The topological polar surface area (TPSA) is 93.2 Å². The Morgan fingerprint density at radius 3 is 2.56 bits per heavy atom. The van der Waals surface area contributed by atoms with Crippen LogP contribution in [0.1, 0.15) is 22.5 Å². The third kappa shape index (κ3) is 4.24. The van der Waals surface area contributed by atoms with E-state index in [2.05, 4.69) is 10.4 Å². The highest BCUT2D eigenvalue weighted by molar-refractivity contribution is 5.85. The smallest absolute Gasteiger partial charge is 0.242 e. The summed E-state index contributed by atoms with van der Waals surface area (Å²) < 4.78 is 1.91. The van der Waals surface area contributed by atoms with Crippen molar-refractivity contribution in [3.63, 3.8) is 0 Å². The molecule has 0 aliphatic carbocycles. The molecule has 0 atom stereocenters. The van der Waals surface area contributed by atoms with E-state index in [0.717, 1.165) is 28.2 Å². The molecule has 1 heterocycles. The van der Waals surface area contributed by atoms with Gasteiger partial charge in [0.2, 0.25) is 11.8 Å². The molecule has 25 heavy (non-hydrogen) atoms. The summed E-state index contributed by atoms with van der Waals surface area (Å²) in [7, 11) is 1.71. The first kappa shape index (κ1) is 18.7. The van der Waals surface area contributed by atoms with Gasteiger partial charge in [0.25, 0.3) is 0 Å². The molecule has 7 heteroatoms. The quantitative estimate of drug-likeness (QED) is 0.812. The van der Waals surface area contributed by atoms with Gasteiger partial charge in [0.05, 0.1) is 24.5 Å². The van der Waals surface area contributed by atoms with Gasteiger partial charge in [0, 0.05) is 24.8 Å². The molecule has 0 fully saturated rings. The summed E-state index contributed by atoms with van der Waals surface area (Å²) in [5.74, 6) is -0.522. The number of nitrogens with one attached hydrogen (secondary N) is 1. The van der Waals surface area contributed by atoms with E-state index in [1.165, 1.54) is 0 Å². The predicted octanol–water partition coefficient (Wildman–Crippen LogP) is 0.831. The SMILES string of the molecule is Cc1ccccc1-n1nc(C)c(CN(C)C(=O)CNC(=O)CN)c1C. The van der Waals surface area contributed by atoms with Crippen molar-refractivity contribution in [3.8, 4) is 5.69 Å². The fraction of sp³-hybridized carbons (Fsp3) is 0.389. The summed E-state index contributed by atoms with van der Waals surface area (Å²) in [4.78, 5) is 24.9. The summed E-state index contributed by atoms with van der Waals surface area (Å²) >= 11 is 0. The minimum absolute atomic E-state index is 0.0590. The number of hydrogen-bond acceptors (Lipinski definition) is 4. The molecule has 0 saturated carbocycles. The molecular formula is C18H25N5O2. The van der Waals surface area contributed by atoms with E-state index in [9.17, 15) is 9.59 Å². The monoisotopic (exact) mass is 343 g/mol. The zero-order valence-corrected chi connectivity index (χ0v) is 15.2. The van der Waals surface area contributed by atoms with E-state index < -0.39 is 0 Å². The van der Waals surface area contributed by atoms with Gasteiger partial charge in [-0.1, -0.05) is 18.2 Å². The van der Waals surface area contributed by atoms with Crippen LogP contribution in [0.2, 0.25) is 0 Å². The Balaban J connectivity index is 2.17. The van der Waals surface area contributed by atoms with Crippen molar-refractivity contribution in [1.82, 2.24) is 20.0 Å². The predicted molar refractivity (Wildman–Crippen MR) is 96.3 cm³/mol. The summed E-state index contributed by atoms with van der Waals surface area (Å²) in [6, 6.07) is 8.04. The van der Waals surface area contributed by atoms with Gasteiger partial charge in [0.1, 0.15) is 0 Å². The van der Waals surface area contributed by atoms with Gasteiger partial charge >= 0.3 is 0 Å². The number of carbonyl (C=O) groups excluding carboxylic acids is 2. The van der Waals surface area contributed by atoms with Gasteiger partial charge in [0.15, 0.2) is 0 Å². The third-order valence-corrected chi connectivity index (χ3v) is 4.23. The Morgan fingerprint density at radius 2 is 1.92 bits per heavy atom. The van der Waals surface area contributed by atoms with Crippen molar-refractivity contribution in [2.24, 2.45) is 5.73 Å². The number of para-hydroxylation sites is 1. The third-order valence-electron chi connectivity index (χ3n) is 4.23. The summed E-state index contributed by atoms with van der Waals surface area (Å²) in [5.41, 5.74) is 10.3. The lowest BCUT2D eigenvalue weighted by Crippen LogP contribution is -2.40. The Labute approximate surface area is 147 Å². The summed E-state index contributed by atoms with van der Waals surface area (Å²) in [6.45, 7) is 6.22. The van der Waals surface area contributed by atoms with E-state index in [4.69, 9.17) is 5.73 Å². The molecule has 134 valence electrons. The largest absolute Gasteiger partial charge is 0.346 e. The molecule has 7 nitrogen and oxygen atoms in total. The van der Waals surface area contributed by atoms with Crippen molar-refractivity contribution >= 4 is 11.8 Å². The zero-order valence-electron chi connectivity index (χ0n) is 15.2. The number of likely N-dealkylation sites (N-methyl/N-ethyl adjacent to an activating group) is 1. The van der Waals surface area contributed by atoms with Crippen LogP contribution in [-0.2, 0) is 16.1 Å². The van der Waals surface area contributed by atoms with E-state index in [1.54, 1.807) is 11.9 Å². The average molecular weight is 343 g/mol. The normalized spacial score (nSPS) is 10.6. The Kier molecular flexibility index (Phi) is 5.93. The molecule has 2 aromatic rings. The van der Waals surface area contributed by atoms with Crippen LogP contribution in [0.3, 0.4) is 0 Å². The van der Waals surface area contributed by atoms with Gasteiger partial charge in [-0.15, -0.1) is 0 Å². The van der Waals surface area contributed by atoms with Crippen LogP contribution in [0.25, 0.3) is 5.69 Å². The Hall–Kier alpha value is -2.67. The van der Waals surface area contributed by atoms with Crippen LogP contribution < -0.4 is 11.1 Å². The van der Waals surface area contributed by atoms with Gasteiger partial charge < -0.3 is 16.0 Å². The maximum atomic E-state index is 12.2. The van der Waals surface area contributed by atoms with Crippen LogP contribution in [0.5, 0.6) is 0 Å². The highest BCUT2D eigenvalue weighted by atomic mass is 16.2. The molecule has 2 amide bonds. The molecular weight excluding hydrogens is 318 g/mol. The highest BCUT2D eigenvalue weighted by Gasteiger charge is 2.18. The number of aryl methyl sites for hydroxylation is 2. The van der Waals surface area contributed by atoms with Crippen molar-refractivity contribution < 1.29 is 9.59 Å². The summed E-state index contributed by atoms with van der Waals surface area (Å²) in [5, 5.41) is 7.12. The molecule has 1 aromatic heterocycles. The maximum absolute atomic E-state index is 12.2. The zero-order chi connectivity index (χ0) is 18.6. The lowest BCUT2D eigenvalue weighted by atomic mass is 10.1. The Morgan fingerprint density at radius 1 is 1.24 bits per heavy atom. The molecule has 0 aliphatic heterocycles. The molecule has 0 aliphatic rings. The first-order valence-electron chi connectivity index (χ1n) is 8.17. The number of nitrogens with two attached hydrogens (primary N) is 1. The van der Waals surface area contributed by atoms with Crippen LogP contribution in [0.4, 0.5) is 0 Å². The van der Waals surface area contributed by atoms with E-state index in [0.29, 0.717) is 6.54 Å². The molecule has 0 unspecified atom stereocenters. The van der Waals surface area contributed by atoms with Crippen molar-refractivity contribution in [3.05, 3.63) is 46.8 Å². The number of rotatable bonds is 6. The van der Waals surface area contributed by atoms with Crippen LogP contribution in [0.15, 0.2) is 24.3 Å². The lowest BCUT2D eigenvalue weighted by Gasteiger charge is -2.18. The number of carbonyl (C=O) groups is 2. The molecule has 2 rings (SSSR count). The van der Waals surface area contributed by atoms with Gasteiger partial charge in [-0.25, -0.2) is 4.68 Å². The van der Waals surface area contributed by atoms with Crippen LogP contribution in [-0.4, -0.2) is 46.6 Å².